The van der Waals surface area contributed by atoms with Gasteiger partial charge >= 0.3 is 5.97 Å². The van der Waals surface area contributed by atoms with Crippen molar-refractivity contribution in [2.45, 2.75) is 78.7 Å². The third-order valence-electron chi connectivity index (χ3n) is 5.87. The summed E-state index contributed by atoms with van der Waals surface area (Å²) in [5.74, 6) is 1.44. The quantitative estimate of drug-likeness (QED) is 0.576. The predicted molar refractivity (Wildman–Crippen MR) is 124 cm³/mol. The fourth-order valence-electron chi connectivity index (χ4n) is 4.13. The van der Waals surface area contributed by atoms with E-state index in [1.54, 1.807) is 7.11 Å². The summed E-state index contributed by atoms with van der Waals surface area (Å²) in [7, 11) is 1.73. The molecular weight excluding hydrogens is 390 g/mol. The normalized spacial score (nSPS) is 14.0. The SMILES string of the molecule is CCc1nc(-c2cc3c(cc2OC)CCCC3)c(CC)nc1NC(C)CCOC(C)=O. The monoisotopic (exact) mass is 425 g/mol. The van der Waals surface area contributed by atoms with Crippen LogP contribution in [-0.4, -0.2) is 35.7 Å². The van der Waals surface area contributed by atoms with Crippen LogP contribution in [0.3, 0.4) is 0 Å². The Morgan fingerprint density at radius 1 is 1.10 bits per heavy atom. The van der Waals surface area contributed by atoms with E-state index >= 15 is 0 Å². The molecule has 1 atom stereocenters. The highest BCUT2D eigenvalue weighted by Crippen LogP contribution is 2.37. The number of fused-ring (bicyclic) bond motifs is 1. The third kappa shape index (κ3) is 5.54. The average molecular weight is 426 g/mol. The van der Waals surface area contributed by atoms with Crippen LogP contribution >= 0.6 is 0 Å². The van der Waals surface area contributed by atoms with Gasteiger partial charge in [0.1, 0.15) is 11.6 Å². The van der Waals surface area contributed by atoms with Gasteiger partial charge in [0.2, 0.25) is 0 Å². The van der Waals surface area contributed by atoms with Gasteiger partial charge < -0.3 is 14.8 Å². The molecule has 1 aliphatic rings. The number of anilines is 1. The second kappa shape index (κ2) is 10.6. The molecule has 1 aromatic heterocycles. The number of nitrogens with zero attached hydrogens (tertiary/aromatic N) is 2. The molecule has 1 N–H and O–H groups in total. The topological polar surface area (TPSA) is 73.3 Å². The third-order valence-corrected chi connectivity index (χ3v) is 5.87. The number of rotatable bonds is 9. The van der Waals surface area contributed by atoms with Crippen molar-refractivity contribution in [1.29, 1.82) is 0 Å². The maximum absolute atomic E-state index is 11.0. The molecule has 1 heterocycles. The molecule has 0 radical (unpaired) electrons. The maximum Gasteiger partial charge on any atom is 0.302 e. The van der Waals surface area contributed by atoms with Gasteiger partial charge in [0.15, 0.2) is 0 Å². The van der Waals surface area contributed by atoms with Crippen molar-refractivity contribution in [2.24, 2.45) is 0 Å². The van der Waals surface area contributed by atoms with E-state index < -0.39 is 0 Å². The fourth-order valence-corrected chi connectivity index (χ4v) is 4.13. The van der Waals surface area contributed by atoms with Gasteiger partial charge in [-0.15, -0.1) is 0 Å². The van der Waals surface area contributed by atoms with Gasteiger partial charge in [-0.25, -0.2) is 9.97 Å². The van der Waals surface area contributed by atoms with Crippen LogP contribution in [0.15, 0.2) is 12.1 Å². The first kappa shape index (κ1) is 23.0. The number of carbonyl (C=O) groups excluding carboxylic acids is 1. The molecule has 0 fully saturated rings. The number of esters is 1. The summed E-state index contributed by atoms with van der Waals surface area (Å²) >= 11 is 0. The van der Waals surface area contributed by atoms with Gasteiger partial charge in [-0.05, 0) is 68.7 Å². The summed E-state index contributed by atoms with van der Waals surface area (Å²) in [6.45, 7) is 8.09. The smallest absolute Gasteiger partial charge is 0.302 e. The Kier molecular flexibility index (Phi) is 7.88. The number of ether oxygens (including phenoxy) is 2. The van der Waals surface area contributed by atoms with Crippen LogP contribution in [0.25, 0.3) is 11.3 Å². The van der Waals surface area contributed by atoms with Crippen molar-refractivity contribution >= 4 is 11.8 Å². The highest BCUT2D eigenvalue weighted by molar-refractivity contribution is 5.72. The summed E-state index contributed by atoms with van der Waals surface area (Å²) in [5, 5.41) is 3.47. The van der Waals surface area contributed by atoms with Crippen LogP contribution in [0.5, 0.6) is 5.75 Å². The van der Waals surface area contributed by atoms with Gasteiger partial charge in [0.25, 0.3) is 0 Å². The van der Waals surface area contributed by atoms with Gasteiger partial charge in [-0.3, -0.25) is 4.79 Å². The number of carbonyl (C=O) groups is 1. The van der Waals surface area contributed by atoms with E-state index in [9.17, 15) is 4.79 Å². The van der Waals surface area contributed by atoms with Crippen LogP contribution in [0.1, 0.15) is 69.5 Å². The number of hydrogen-bond acceptors (Lipinski definition) is 6. The minimum absolute atomic E-state index is 0.118. The van der Waals surface area contributed by atoms with E-state index in [2.05, 4.69) is 38.2 Å². The zero-order chi connectivity index (χ0) is 22.4. The zero-order valence-electron chi connectivity index (χ0n) is 19.5. The number of aryl methyl sites for hydroxylation is 4. The average Bonchev–Trinajstić information content (AvgIpc) is 2.77. The highest BCUT2D eigenvalue weighted by atomic mass is 16.5. The second-order valence-electron chi connectivity index (χ2n) is 8.22. The fraction of sp³-hybridized carbons (Fsp3) is 0.560. The lowest BCUT2D eigenvalue weighted by Gasteiger charge is -2.22. The summed E-state index contributed by atoms with van der Waals surface area (Å²) in [6.07, 6.45) is 6.98. The zero-order valence-corrected chi connectivity index (χ0v) is 19.5. The minimum Gasteiger partial charge on any atom is -0.496 e. The molecule has 6 nitrogen and oxygen atoms in total. The Morgan fingerprint density at radius 2 is 1.77 bits per heavy atom. The lowest BCUT2D eigenvalue weighted by atomic mass is 9.89. The number of nitrogens with one attached hydrogen (secondary N) is 1. The highest BCUT2D eigenvalue weighted by Gasteiger charge is 2.21. The second-order valence-corrected chi connectivity index (χ2v) is 8.22. The molecule has 0 aliphatic heterocycles. The largest absolute Gasteiger partial charge is 0.496 e. The van der Waals surface area contributed by atoms with Crippen molar-refractivity contribution in [3.8, 4) is 17.0 Å². The molecule has 3 rings (SSSR count). The Morgan fingerprint density at radius 3 is 2.39 bits per heavy atom. The molecule has 2 aromatic rings. The standard InChI is InChI=1S/C25H35N3O3/c1-6-21-24(20-14-18-10-8-9-11-19(18)15-23(20)30-5)27-22(7-2)25(28-21)26-16(3)12-13-31-17(4)29/h14-16H,6-13H2,1-5H3,(H,26,28). The van der Waals surface area contributed by atoms with Crippen molar-refractivity contribution in [3.63, 3.8) is 0 Å². The molecule has 1 unspecified atom stereocenters. The van der Waals surface area contributed by atoms with Crippen LogP contribution in [-0.2, 0) is 35.2 Å². The molecule has 1 aromatic carbocycles. The first-order chi connectivity index (χ1) is 15.0. The molecule has 0 amide bonds. The predicted octanol–water partition coefficient (Wildman–Crippen LogP) is 4.91. The van der Waals surface area contributed by atoms with Crippen LogP contribution in [0.4, 0.5) is 5.82 Å². The van der Waals surface area contributed by atoms with Crippen LogP contribution in [0, 0.1) is 0 Å². The number of benzene rings is 1. The number of aromatic nitrogens is 2. The first-order valence-electron chi connectivity index (χ1n) is 11.5. The summed E-state index contributed by atoms with van der Waals surface area (Å²) < 4.78 is 10.8. The van der Waals surface area contributed by atoms with E-state index in [1.807, 2.05) is 0 Å². The lowest BCUT2D eigenvalue weighted by Crippen LogP contribution is -2.21. The van der Waals surface area contributed by atoms with Gasteiger partial charge in [-0.1, -0.05) is 13.8 Å². The summed E-state index contributed by atoms with van der Waals surface area (Å²) in [5.41, 5.74) is 6.66. The van der Waals surface area contributed by atoms with Crippen LogP contribution < -0.4 is 10.1 Å². The van der Waals surface area contributed by atoms with Gasteiger partial charge in [0, 0.05) is 24.9 Å². The molecule has 0 bridgehead atoms. The van der Waals surface area contributed by atoms with Gasteiger partial charge in [-0.2, -0.15) is 0 Å². The lowest BCUT2D eigenvalue weighted by molar-refractivity contribution is -0.141. The van der Waals surface area contributed by atoms with Crippen LogP contribution in [0.2, 0.25) is 0 Å². The number of methoxy groups -OCH3 is 1. The molecular formula is C25H35N3O3. The molecule has 6 heteroatoms. The molecule has 168 valence electrons. The summed E-state index contributed by atoms with van der Waals surface area (Å²) in [6, 6.07) is 4.58. The maximum atomic E-state index is 11.0. The molecule has 0 spiro atoms. The Balaban J connectivity index is 1.94. The Labute approximate surface area is 185 Å². The van der Waals surface area contributed by atoms with E-state index in [-0.39, 0.29) is 12.0 Å². The van der Waals surface area contributed by atoms with Crippen molar-refractivity contribution in [2.75, 3.05) is 19.0 Å². The van der Waals surface area contributed by atoms with E-state index in [0.29, 0.717) is 13.0 Å². The first-order valence-corrected chi connectivity index (χ1v) is 11.5. The van der Waals surface area contributed by atoms with E-state index in [0.717, 1.165) is 59.9 Å². The van der Waals surface area contributed by atoms with E-state index in [1.165, 1.54) is 30.9 Å². The molecule has 0 saturated carbocycles. The molecule has 1 aliphatic carbocycles. The van der Waals surface area contributed by atoms with Crippen molar-refractivity contribution in [1.82, 2.24) is 9.97 Å². The molecule has 31 heavy (non-hydrogen) atoms. The van der Waals surface area contributed by atoms with Gasteiger partial charge in [0.05, 0.1) is 30.8 Å². The van der Waals surface area contributed by atoms with Crippen molar-refractivity contribution < 1.29 is 14.3 Å². The number of hydrogen-bond donors (Lipinski definition) is 1. The van der Waals surface area contributed by atoms with Crippen molar-refractivity contribution in [3.05, 3.63) is 34.6 Å². The molecule has 0 saturated heterocycles. The van der Waals surface area contributed by atoms with E-state index in [4.69, 9.17) is 19.4 Å². The summed E-state index contributed by atoms with van der Waals surface area (Å²) in [4.78, 5) is 21.0. The Hall–Kier alpha value is -2.63. The Bertz CT molecular complexity index is 927. The minimum atomic E-state index is -0.252.